The summed E-state index contributed by atoms with van der Waals surface area (Å²) in [6, 6.07) is 11.6. The number of amides is 3. The van der Waals surface area contributed by atoms with Crippen molar-refractivity contribution in [3.63, 3.8) is 0 Å². The lowest BCUT2D eigenvalue weighted by Gasteiger charge is -2.39. The van der Waals surface area contributed by atoms with Gasteiger partial charge in [-0.3, -0.25) is 9.69 Å². The van der Waals surface area contributed by atoms with Gasteiger partial charge in [0.1, 0.15) is 11.3 Å². The van der Waals surface area contributed by atoms with E-state index in [2.05, 4.69) is 33.7 Å². The highest BCUT2D eigenvalue weighted by Crippen LogP contribution is 2.45. The summed E-state index contributed by atoms with van der Waals surface area (Å²) in [6.07, 6.45) is 7.02. The normalized spacial score (nSPS) is 17.7. The molecule has 3 aliphatic rings. The SMILES string of the molecule is CCOc1cc(C(=O)OC)c(C2CC2)cc1CN1CCC2(CC1)CC(=O)N(c1ccc(CCCCNC(=O)NC(CO)(CO)CO)cc1)C2. The zero-order valence-corrected chi connectivity index (χ0v) is 28.8. The Kier molecular flexibility index (Phi) is 12.2. The number of likely N-dealkylation sites (tertiary alicyclic amines) is 1. The van der Waals surface area contributed by atoms with Crippen molar-refractivity contribution in [1.29, 1.82) is 0 Å². The Labute approximate surface area is 288 Å². The molecule has 2 aromatic carbocycles. The number of carbonyl (C=O) groups excluding carboxylic acids is 3. The lowest BCUT2D eigenvalue weighted by molar-refractivity contribution is -0.118. The van der Waals surface area contributed by atoms with Crippen molar-refractivity contribution in [2.24, 2.45) is 5.41 Å². The molecule has 1 aliphatic carbocycles. The zero-order valence-electron chi connectivity index (χ0n) is 28.8. The van der Waals surface area contributed by atoms with Gasteiger partial charge in [-0.05, 0) is 112 Å². The topological polar surface area (TPSA) is 161 Å². The molecule has 12 nitrogen and oxygen atoms in total. The highest BCUT2D eigenvalue weighted by atomic mass is 16.5. The number of benzene rings is 2. The number of unbranched alkanes of at least 4 members (excludes halogenated alkanes) is 1. The van der Waals surface area contributed by atoms with Crippen LogP contribution in [0.15, 0.2) is 36.4 Å². The number of anilines is 1. The summed E-state index contributed by atoms with van der Waals surface area (Å²) in [4.78, 5) is 42.2. The summed E-state index contributed by atoms with van der Waals surface area (Å²) < 4.78 is 11.1. The third-order valence-corrected chi connectivity index (χ3v) is 10.3. The third kappa shape index (κ3) is 8.91. The summed E-state index contributed by atoms with van der Waals surface area (Å²) in [7, 11) is 1.42. The van der Waals surface area contributed by atoms with E-state index in [1.54, 1.807) is 0 Å². The minimum absolute atomic E-state index is 0.0343. The van der Waals surface area contributed by atoms with Crippen LogP contribution in [0.2, 0.25) is 0 Å². The van der Waals surface area contributed by atoms with Gasteiger partial charge in [0.2, 0.25) is 5.91 Å². The standard InChI is InChI=1S/C37H52N4O8/c1-3-49-32-19-31(34(46)48-2)30(27-9-10-27)18-28(32)21-40-16-13-36(14-17-40)20-33(45)41(22-36)29-11-7-26(8-12-29)6-4-5-15-38-35(47)39-37(23-42,24-43)25-44/h7-8,11-12,18-19,27,42-44H,3-6,9-10,13-17,20-25H2,1-2H3,(H2,38,39,47). The molecule has 268 valence electrons. The number of hydrogen-bond acceptors (Lipinski definition) is 9. The molecule has 3 amide bonds. The van der Waals surface area contributed by atoms with E-state index in [0.29, 0.717) is 31.1 Å². The molecular weight excluding hydrogens is 628 g/mol. The van der Waals surface area contributed by atoms with Crippen LogP contribution in [0, 0.1) is 5.41 Å². The molecule has 5 N–H and O–H groups in total. The molecule has 2 saturated heterocycles. The first kappa shape index (κ1) is 36.6. The minimum atomic E-state index is -1.45. The van der Waals surface area contributed by atoms with E-state index in [-0.39, 0.29) is 17.3 Å². The van der Waals surface area contributed by atoms with Gasteiger partial charge in [-0.25, -0.2) is 9.59 Å². The lowest BCUT2D eigenvalue weighted by Crippen LogP contribution is -2.59. The summed E-state index contributed by atoms with van der Waals surface area (Å²) in [5.74, 6) is 0.999. The number of aliphatic hydroxyl groups excluding tert-OH is 3. The van der Waals surface area contributed by atoms with Crippen LogP contribution in [0.5, 0.6) is 5.75 Å². The molecule has 2 heterocycles. The Bertz CT molecular complexity index is 1440. The first-order valence-corrected chi connectivity index (χ1v) is 17.6. The van der Waals surface area contributed by atoms with Gasteiger partial charge in [-0.15, -0.1) is 0 Å². The molecule has 2 aromatic rings. The second-order valence-electron chi connectivity index (χ2n) is 13.9. The Morgan fingerprint density at radius 2 is 1.71 bits per heavy atom. The molecule has 49 heavy (non-hydrogen) atoms. The average Bonchev–Trinajstić information content (AvgIpc) is 3.92. The van der Waals surface area contributed by atoms with E-state index >= 15 is 0 Å². The van der Waals surface area contributed by atoms with Gasteiger partial charge >= 0.3 is 12.0 Å². The van der Waals surface area contributed by atoms with Gasteiger partial charge in [-0.2, -0.15) is 0 Å². The highest BCUT2D eigenvalue weighted by Gasteiger charge is 2.45. The molecule has 0 aromatic heterocycles. The van der Waals surface area contributed by atoms with Crippen LogP contribution >= 0.6 is 0 Å². The maximum absolute atomic E-state index is 13.3. The number of nitrogens with one attached hydrogen (secondary N) is 2. The largest absolute Gasteiger partial charge is 0.494 e. The van der Waals surface area contributed by atoms with Gasteiger partial charge in [0, 0.05) is 37.3 Å². The first-order chi connectivity index (χ1) is 23.7. The van der Waals surface area contributed by atoms with E-state index in [1.165, 1.54) is 7.11 Å². The molecule has 0 atom stereocenters. The predicted octanol–water partition coefficient (Wildman–Crippen LogP) is 3.11. The number of urea groups is 1. The van der Waals surface area contributed by atoms with Crippen molar-refractivity contribution < 1.29 is 39.2 Å². The number of methoxy groups -OCH3 is 1. The van der Waals surface area contributed by atoms with Gasteiger partial charge < -0.3 is 40.3 Å². The molecule has 1 saturated carbocycles. The van der Waals surface area contributed by atoms with Gasteiger partial charge in [0.25, 0.3) is 0 Å². The summed E-state index contributed by atoms with van der Waals surface area (Å²) in [5, 5.41) is 33.2. The van der Waals surface area contributed by atoms with Crippen molar-refractivity contribution in [3.05, 3.63) is 58.7 Å². The summed E-state index contributed by atoms with van der Waals surface area (Å²) >= 11 is 0. The minimum Gasteiger partial charge on any atom is -0.494 e. The Morgan fingerprint density at radius 1 is 1.02 bits per heavy atom. The van der Waals surface area contributed by atoms with Gasteiger partial charge in [0.15, 0.2) is 0 Å². The van der Waals surface area contributed by atoms with Crippen molar-refractivity contribution in [1.82, 2.24) is 15.5 Å². The molecule has 0 unspecified atom stereocenters. The number of piperidine rings is 1. The number of aliphatic hydroxyl groups is 3. The summed E-state index contributed by atoms with van der Waals surface area (Å²) in [5.41, 5.74) is 3.36. The highest BCUT2D eigenvalue weighted by molar-refractivity contribution is 5.96. The third-order valence-electron chi connectivity index (χ3n) is 10.3. The van der Waals surface area contributed by atoms with Crippen LogP contribution in [0.3, 0.4) is 0 Å². The van der Waals surface area contributed by atoms with Gasteiger partial charge in [-0.1, -0.05) is 12.1 Å². The maximum Gasteiger partial charge on any atom is 0.338 e. The van der Waals surface area contributed by atoms with Crippen molar-refractivity contribution in [2.45, 2.75) is 76.3 Å². The fraction of sp³-hybridized carbons (Fsp3) is 0.595. The number of hydrogen-bond donors (Lipinski definition) is 5. The van der Waals surface area contributed by atoms with Crippen LogP contribution in [0.4, 0.5) is 10.5 Å². The number of rotatable bonds is 16. The van der Waals surface area contributed by atoms with Crippen LogP contribution in [0.1, 0.15) is 84.8 Å². The zero-order chi connectivity index (χ0) is 35.0. The second kappa shape index (κ2) is 16.3. The van der Waals surface area contributed by atoms with Crippen molar-refractivity contribution in [3.8, 4) is 5.75 Å². The van der Waals surface area contributed by atoms with E-state index < -0.39 is 31.4 Å². The number of nitrogens with zero attached hydrogens (tertiary/aromatic N) is 2. The molecule has 12 heteroatoms. The molecule has 3 fully saturated rings. The van der Waals surface area contributed by atoms with Crippen LogP contribution in [-0.4, -0.2) is 103 Å². The molecule has 0 bridgehead atoms. The van der Waals surface area contributed by atoms with Crippen molar-refractivity contribution in [2.75, 3.05) is 64.6 Å². The molecule has 0 radical (unpaired) electrons. The Morgan fingerprint density at radius 3 is 2.33 bits per heavy atom. The smallest absolute Gasteiger partial charge is 0.338 e. The number of esters is 1. The fourth-order valence-electron chi connectivity index (χ4n) is 7.02. The van der Waals surface area contributed by atoms with E-state index in [4.69, 9.17) is 9.47 Å². The fourth-order valence-corrected chi connectivity index (χ4v) is 7.02. The summed E-state index contributed by atoms with van der Waals surface area (Å²) in [6.45, 7) is 4.43. The second-order valence-corrected chi connectivity index (χ2v) is 13.9. The quantitative estimate of drug-likeness (QED) is 0.133. The predicted molar refractivity (Wildman–Crippen MR) is 185 cm³/mol. The Hall–Kier alpha value is -3.71. The first-order valence-electron chi connectivity index (χ1n) is 17.6. The molecule has 1 spiro atoms. The number of carbonyl (C=O) groups is 3. The number of aryl methyl sites for hydroxylation is 1. The lowest BCUT2D eigenvalue weighted by atomic mass is 9.77. The van der Waals surface area contributed by atoms with Crippen LogP contribution in [0.25, 0.3) is 0 Å². The molecule has 2 aliphatic heterocycles. The van der Waals surface area contributed by atoms with E-state index in [9.17, 15) is 29.7 Å². The van der Waals surface area contributed by atoms with Gasteiger partial charge in [0.05, 0.1) is 39.1 Å². The molecule has 5 rings (SSSR count). The van der Waals surface area contributed by atoms with E-state index in [1.807, 2.05) is 30.0 Å². The maximum atomic E-state index is 13.3. The average molecular weight is 681 g/mol. The monoisotopic (exact) mass is 680 g/mol. The van der Waals surface area contributed by atoms with Crippen molar-refractivity contribution >= 4 is 23.6 Å². The number of ether oxygens (including phenoxy) is 2. The van der Waals surface area contributed by atoms with Crippen LogP contribution < -0.4 is 20.3 Å². The van der Waals surface area contributed by atoms with Crippen LogP contribution in [-0.2, 0) is 22.5 Å². The van der Waals surface area contributed by atoms with E-state index in [0.717, 1.165) is 99.3 Å². The Balaban J connectivity index is 1.10. The molecular formula is C37H52N4O8.